The SMILES string of the molecule is CC1CNCCC1NC(=O)Cn1cnc2c(oc3ccccc32)c1=O. The molecule has 2 unspecified atom stereocenters. The summed E-state index contributed by atoms with van der Waals surface area (Å²) in [6.07, 6.45) is 2.31. The zero-order valence-electron chi connectivity index (χ0n) is 14.0. The standard InChI is InChI=1S/C18H20N4O3/c1-11-8-19-7-6-13(11)21-15(23)9-22-10-20-16-12-4-2-3-5-14(12)25-17(16)18(22)24/h2-5,10-11,13,19H,6-9H2,1H3,(H,21,23). The topological polar surface area (TPSA) is 89.2 Å². The maximum absolute atomic E-state index is 12.6. The summed E-state index contributed by atoms with van der Waals surface area (Å²) in [5.74, 6) is 0.184. The van der Waals surface area contributed by atoms with Gasteiger partial charge in [-0.25, -0.2) is 4.98 Å². The number of fused-ring (bicyclic) bond motifs is 3. The summed E-state index contributed by atoms with van der Waals surface area (Å²) in [4.78, 5) is 29.3. The molecule has 1 fully saturated rings. The van der Waals surface area contributed by atoms with Gasteiger partial charge in [-0.05, 0) is 37.6 Å². The number of benzene rings is 1. The number of aromatic nitrogens is 2. The fourth-order valence-corrected chi connectivity index (χ4v) is 3.36. The van der Waals surface area contributed by atoms with E-state index in [1.807, 2.05) is 18.2 Å². The number of furan rings is 1. The molecule has 1 aliphatic heterocycles. The maximum Gasteiger partial charge on any atom is 0.297 e. The first-order valence-corrected chi connectivity index (χ1v) is 8.50. The first-order chi connectivity index (χ1) is 12.1. The number of nitrogens with one attached hydrogen (secondary N) is 2. The molecule has 1 aliphatic rings. The summed E-state index contributed by atoms with van der Waals surface area (Å²) in [5.41, 5.74) is 0.999. The lowest BCUT2D eigenvalue weighted by Gasteiger charge is -2.30. The predicted molar refractivity (Wildman–Crippen MR) is 94.4 cm³/mol. The number of rotatable bonds is 3. The van der Waals surface area contributed by atoms with Crippen LogP contribution in [0.15, 0.2) is 39.8 Å². The van der Waals surface area contributed by atoms with Crippen molar-refractivity contribution < 1.29 is 9.21 Å². The Morgan fingerprint density at radius 2 is 2.28 bits per heavy atom. The molecule has 0 saturated carbocycles. The molecule has 2 atom stereocenters. The van der Waals surface area contributed by atoms with Gasteiger partial charge < -0.3 is 15.1 Å². The van der Waals surface area contributed by atoms with E-state index in [4.69, 9.17) is 4.42 Å². The zero-order chi connectivity index (χ0) is 17.4. The highest BCUT2D eigenvalue weighted by Gasteiger charge is 2.23. The Bertz CT molecular complexity index is 991. The number of hydrogen-bond acceptors (Lipinski definition) is 5. The quantitative estimate of drug-likeness (QED) is 0.749. The van der Waals surface area contributed by atoms with E-state index in [0.29, 0.717) is 17.0 Å². The Morgan fingerprint density at radius 3 is 3.12 bits per heavy atom. The lowest BCUT2D eigenvalue weighted by molar-refractivity contribution is -0.122. The van der Waals surface area contributed by atoms with Crippen LogP contribution in [0.1, 0.15) is 13.3 Å². The van der Waals surface area contributed by atoms with Gasteiger partial charge in [0.1, 0.15) is 17.6 Å². The largest absolute Gasteiger partial charge is 0.448 e. The third-order valence-corrected chi connectivity index (χ3v) is 4.80. The van der Waals surface area contributed by atoms with Crippen molar-refractivity contribution in [2.45, 2.75) is 25.9 Å². The van der Waals surface area contributed by atoms with Crippen LogP contribution in [-0.4, -0.2) is 34.6 Å². The second kappa shape index (κ2) is 6.33. The third kappa shape index (κ3) is 2.91. The molecule has 0 aliphatic carbocycles. The van der Waals surface area contributed by atoms with E-state index in [0.717, 1.165) is 24.9 Å². The van der Waals surface area contributed by atoms with Crippen LogP contribution in [0.4, 0.5) is 0 Å². The van der Waals surface area contributed by atoms with Crippen molar-refractivity contribution >= 4 is 28.0 Å². The van der Waals surface area contributed by atoms with Crippen LogP contribution in [0, 0.1) is 5.92 Å². The highest BCUT2D eigenvalue weighted by molar-refractivity contribution is 6.01. The van der Waals surface area contributed by atoms with Gasteiger partial charge in [0, 0.05) is 11.4 Å². The molecule has 1 aromatic carbocycles. The molecular formula is C18H20N4O3. The van der Waals surface area contributed by atoms with Gasteiger partial charge in [-0.1, -0.05) is 19.1 Å². The van der Waals surface area contributed by atoms with E-state index in [2.05, 4.69) is 22.5 Å². The van der Waals surface area contributed by atoms with Gasteiger partial charge in [-0.15, -0.1) is 0 Å². The summed E-state index contributed by atoms with van der Waals surface area (Å²) < 4.78 is 6.93. The second-order valence-corrected chi connectivity index (χ2v) is 6.60. The van der Waals surface area contributed by atoms with Crippen LogP contribution in [0.3, 0.4) is 0 Å². The number of hydrogen-bond donors (Lipinski definition) is 2. The summed E-state index contributed by atoms with van der Waals surface area (Å²) in [6, 6.07) is 7.51. The molecule has 1 saturated heterocycles. The van der Waals surface area contributed by atoms with Crippen LogP contribution in [0.25, 0.3) is 22.1 Å². The lowest BCUT2D eigenvalue weighted by atomic mass is 9.95. The second-order valence-electron chi connectivity index (χ2n) is 6.60. The van der Waals surface area contributed by atoms with Crippen molar-refractivity contribution in [3.8, 4) is 0 Å². The van der Waals surface area contributed by atoms with E-state index in [1.165, 1.54) is 10.9 Å². The number of nitrogens with zero attached hydrogens (tertiary/aromatic N) is 2. The summed E-state index contributed by atoms with van der Waals surface area (Å²) in [5, 5.41) is 7.12. The molecule has 0 spiro atoms. The van der Waals surface area contributed by atoms with Gasteiger partial charge in [0.05, 0.1) is 6.33 Å². The molecule has 130 valence electrons. The first-order valence-electron chi connectivity index (χ1n) is 8.50. The average molecular weight is 340 g/mol. The Balaban J connectivity index is 1.59. The van der Waals surface area contributed by atoms with Crippen LogP contribution >= 0.6 is 0 Å². The molecule has 1 amide bonds. The van der Waals surface area contributed by atoms with Crippen molar-refractivity contribution in [1.29, 1.82) is 0 Å². The summed E-state index contributed by atoms with van der Waals surface area (Å²) in [7, 11) is 0. The van der Waals surface area contributed by atoms with Crippen LogP contribution in [0.2, 0.25) is 0 Å². The molecular weight excluding hydrogens is 320 g/mol. The van der Waals surface area contributed by atoms with E-state index in [1.54, 1.807) is 6.07 Å². The van der Waals surface area contributed by atoms with Gasteiger partial charge in [0.2, 0.25) is 11.5 Å². The molecule has 3 aromatic rings. The van der Waals surface area contributed by atoms with Gasteiger partial charge in [0.25, 0.3) is 5.56 Å². The monoisotopic (exact) mass is 340 g/mol. The fourth-order valence-electron chi connectivity index (χ4n) is 3.36. The Labute approximate surface area is 144 Å². The Kier molecular flexibility index (Phi) is 4.01. The third-order valence-electron chi connectivity index (χ3n) is 4.80. The zero-order valence-corrected chi connectivity index (χ0v) is 14.0. The number of carbonyl (C=O) groups is 1. The summed E-state index contributed by atoms with van der Waals surface area (Å²) in [6.45, 7) is 3.82. The number of piperidine rings is 1. The van der Waals surface area contributed by atoms with Gasteiger partial charge >= 0.3 is 0 Å². The number of para-hydroxylation sites is 1. The van der Waals surface area contributed by atoms with Crippen molar-refractivity contribution in [2.75, 3.05) is 13.1 Å². The highest BCUT2D eigenvalue weighted by atomic mass is 16.3. The fraction of sp³-hybridized carbons (Fsp3) is 0.389. The average Bonchev–Trinajstić information content (AvgIpc) is 2.99. The first kappa shape index (κ1) is 15.8. The molecule has 2 N–H and O–H groups in total. The van der Waals surface area contributed by atoms with Crippen LogP contribution in [-0.2, 0) is 11.3 Å². The molecule has 0 bridgehead atoms. The van der Waals surface area contributed by atoms with E-state index < -0.39 is 0 Å². The van der Waals surface area contributed by atoms with E-state index in [9.17, 15) is 9.59 Å². The lowest BCUT2D eigenvalue weighted by Crippen LogP contribution is -2.49. The molecule has 2 aromatic heterocycles. The molecule has 0 radical (unpaired) electrons. The van der Waals surface area contributed by atoms with Crippen molar-refractivity contribution in [1.82, 2.24) is 20.2 Å². The summed E-state index contributed by atoms with van der Waals surface area (Å²) >= 11 is 0. The van der Waals surface area contributed by atoms with Crippen LogP contribution in [0.5, 0.6) is 0 Å². The molecule has 7 heteroatoms. The minimum Gasteiger partial charge on any atom is -0.448 e. The highest BCUT2D eigenvalue weighted by Crippen LogP contribution is 2.23. The van der Waals surface area contributed by atoms with E-state index >= 15 is 0 Å². The Morgan fingerprint density at radius 1 is 1.44 bits per heavy atom. The van der Waals surface area contributed by atoms with Crippen LogP contribution < -0.4 is 16.2 Å². The minimum absolute atomic E-state index is 0.0601. The Hall–Kier alpha value is -2.67. The maximum atomic E-state index is 12.6. The van der Waals surface area contributed by atoms with Crippen molar-refractivity contribution in [2.24, 2.45) is 5.92 Å². The van der Waals surface area contributed by atoms with E-state index in [-0.39, 0.29) is 29.6 Å². The molecule has 7 nitrogen and oxygen atoms in total. The normalized spacial score (nSPS) is 20.8. The van der Waals surface area contributed by atoms with Gasteiger partial charge in [-0.2, -0.15) is 0 Å². The number of carbonyl (C=O) groups excluding carboxylic acids is 1. The van der Waals surface area contributed by atoms with Gasteiger partial charge in [0.15, 0.2) is 0 Å². The van der Waals surface area contributed by atoms with Gasteiger partial charge in [-0.3, -0.25) is 14.2 Å². The molecule has 25 heavy (non-hydrogen) atoms. The van der Waals surface area contributed by atoms with Crippen molar-refractivity contribution in [3.05, 3.63) is 40.9 Å². The molecule has 3 heterocycles. The predicted octanol–water partition coefficient (Wildman–Crippen LogP) is 1.26. The molecule has 4 rings (SSSR count). The van der Waals surface area contributed by atoms with Crippen molar-refractivity contribution in [3.63, 3.8) is 0 Å². The minimum atomic E-state index is -0.338. The number of amides is 1. The smallest absolute Gasteiger partial charge is 0.297 e.